The Morgan fingerprint density at radius 1 is 1.25 bits per heavy atom. The zero-order valence-corrected chi connectivity index (χ0v) is 12.6. The Hall–Kier alpha value is -1.28. The van der Waals surface area contributed by atoms with Gasteiger partial charge in [-0.05, 0) is 50.3 Å². The third kappa shape index (κ3) is 2.62. The summed E-state index contributed by atoms with van der Waals surface area (Å²) in [4.78, 5) is 0. The Morgan fingerprint density at radius 3 is 2.90 bits per heavy atom. The lowest BCUT2D eigenvalue weighted by Gasteiger charge is -2.32. The van der Waals surface area contributed by atoms with Crippen LogP contribution in [-0.4, -0.2) is 6.04 Å². The average molecular weight is 271 g/mol. The molecule has 1 aliphatic carbocycles. The van der Waals surface area contributed by atoms with E-state index < -0.39 is 0 Å². The monoisotopic (exact) mass is 271 g/mol. The van der Waals surface area contributed by atoms with Gasteiger partial charge in [-0.1, -0.05) is 31.4 Å². The van der Waals surface area contributed by atoms with Crippen LogP contribution in [0, 0.1) is 12.8 Å². The predicted octanol–water partition coefficient (Wildman–Crippen LogP) is 4.75. The van der Waals surface area contributed by atoms with Crippen LogP contribution in [0.15, 0.2) is 28.7 Å². The minimum atomic E-state index is 0.254. The number of nitrogens with two attached hydrogens (primary N) is 1. The third-order valence-corrected chi connectivity index (χ3v) is 4.77. The minimum Gasteiger partial charge on any atom is -0.461 e. The lowest BCUT2D eigenvalue weighted by molar-refractivity contribution is 0.254. The Bertz CT molecular complexity index is 586. The summed E-state index contributed by atoms with van der Waals surface area (Å²) in [5.74, 6) is 2.31. The maximum absolute atomic E-state index is 6.36. The van der Waals surface area contributed by atoms with Crippen molar-refractivity contribution in [3.63, 3.8) is 0 Å². The highest BCUT2D eigenvalue weighted by Crippen LogP contribution is 2.39. The fourth-order valence-electron chi connectivity index (χ4n) is 3.64. The highest BCUT2D eigenvalue weighted by atomic mass is 16.3. The number of hydrogen-bond acceptors (Lipinski definition) is 2. The molecule has 0 radical (unpaired) electrons. The zero-order chi connectivity index (χ0) is 14.1. The fraction of sp³-hybridized carbons (Fsp3) is 0.556. The van der Waals surface area contributed by atoms with E-state index in [1.54, 1.807) is 0 Å². The molecule has 1 heterocycles. The molecule has 2 nitrogen and oxygen atoms in total. The Kier molecular flexibility index (Phi) is 3.84. The van der Waals surface area contributed by atoms with Gasteiger partial charge in [0.1, 0.15) is 11.3 Å². The van der Waals surface area contributed by atoms with E-state index in [9.17, 15) is 0 Å². The average Bonchev–Trinajstić information content (AvgIpc) is 2.84. The molecule has 3 rings (SSSR count). The van der Waals surface area contributed by atoms with E-state index in [0.717, 1.165) is 23.7 Å². The highest BCUT2D eigenvalue weighted by molar-refractivity contribution is 5.78. The summed E-state index contributed by atoms with van der Waals surface area (Å²) in [6.45, 7) is 4.39. The summed E-state index contributed by atoms with van der Waals surface area (Å²) in [5.41, 5.74) is 8.64. The molecule has 1 aromatic heterocycles. The molecule has 0 spiro atoms. The quantitative estimate of drug-likeness (QED) is 0.874. The number of hydrogen-bond donors (Lipinski definition) is 1. The van der Waals surface area contributed by atoms with Crippen LogP contribution in [0.1, 0.15) is 56.3 Å². The smallest absolute Gasteiger partial charge is 0.134 e. The molecule has 0 aliphatic heterocycles. The largest absolute Gasteiger partial charge is 0.461 e. The van der Waals surface area contributed by atoms with E-state index >= 15 is 0 Å². The van der Waals surface area contributed by atoms with Gasteiger partial charge in [0.25, 0.3) is 0 Å². The first-order chi connectivity index (χ1) is 9.67. The normalized spacial score (nSPS) is 27.1. The predicted molar refractivity (Wildman–Crippen MR) is 83.9 cm³/mol. The molecule has 3 unspecified atom stereocenters. The fourth-order valence-corrected chi connectivity index (χ4v) is 3.64. The van der Waals surface area contributed by atoms with Crippen LogP contribution in [0.4, 0.5) is 0 Å². The van der Waals surface area contributed by atoms with E-state index in [2.05, 4.69) is 38.1 Å². The second kappa shape index (κ2) is 5.61. The van der Waals surface area contributed by atoms with Crippen molar-refractivity contribution < 1.29 is 4.42 Å². The van der Waals surface area contributed by atoms with E-state index in [0.29, 0.717) is 5.92 Å². The maximum atomic E-state index is 6.36. The highest BCUT2D eigenvalue weighted by Gasteiger charge is 2.31. The summed E-state index contributed by atoms with van der Waals surface area (Å²) < 4.78 is 6.08. The molecule has 1 aromatic carbocycles. The molecular weight excluding hydrogens is 246 g/mol. The topological polar surface area (TPSA) is 39.2 Å². The molecular formula is C18H25NO. The standard InChI is InChI=1S/C18H25NO/c1-3-4-13-6-7-16(19)15(10-13)18-11-14-9-12(2)5-8-17(14)20-18/h5,8-9,11,13,15-16H,3-4,6-7,10,19H2,1-2H3. The van der Waals surface area contributed by atoms with E-state index in [1.807, 2.05) is 0 Å². The number of aryl methyl sites for hydroxylation is 1. The van der Waals surface area contributed by atoms with Crippen LogP contribution in [0.25, 0.3) is 11.0 Å². The molecule has 1 fully saturated rings. The van der Waals surface area contributed by atoms with Crippen LogP contribution in [0.3, 0.4) is 0 Å². The molecule has 20 heavy (non-hydrogen) atoms. The van der Waals surface area contributed by atoms with Gasteiger partial charge in [0, 0.05) is 17.3 Å². The molecule has 0 saturated heterocycles. The molecule has 0 bridgehead atoms. The van der Waals surface area contributed by atoms with Crippen LogP contribution in [-0.2, 0) is 0 Å². The number of fused-ring (bicyclic) bond motifs is 1. The molecule has 2 aromatic rings. The number of benzene rings is 1. The van der Waals surface area contributed by atoms with Crippen LogP contribution in [0.2, 0.25) is 0 Å². The van der Waals surface area contributed by atoms with Crippen molar-refractivity contribution in [2.24, 2.45) is 11.7 Å². The number of rotatable bonds is 3. The summed E-state index contributed by atoms with van der Waals surface area (Å²) in [5, 5.41) is 1.21. The lowest BCUT2D eigenvalue weighted by Crippen LogP contribution is -2.34. The van der Waals surface area contributed by atoms with Crippen molar-refractivity contribution in [1.29, 1.82) is 0 Å². The third-order valence-electron chi connectivity index (χ3n) is 4.77. The van der Waals surface area contributed by atoms with Crippen molar-refractivity contribution in [3.05, 3.63) is 35.6 Å². The Labute approximate surface area is 121 Å². The second-order valence-corrected chi connectivity index (χ2v) is 6.43. The molecule has 2 N–H and O–H groups in total. The zero-order valence-electron chi connectivity index (χ0n) is 12.6. The van der Waals surface area contributed by atoms with Gasteiger partial charge < -0.3 is 10.2 Å². The van der Waals surface area contributed by atoms with Crippen molar-refractivity contribution >= 4 is 11.0 Å². The van der Waals surface area contributed by atoms with Gasteiger partial charge in [-0.3, -0.25) is 0 Å². The Morgan fingerprint density at radius 2 is 2.10 bits per heavy atom. The van der Waals surface area contributed by atoms with Crippen molar-refractivity contribution in [2.45, 2.75) is 57.9 Å². The maximum Gasteiger partial charge on any atom is 0.134 e. The van der Waals surface area contributed by atoms with Crippen molar-refractivity contribution in [2.75, 3.05) is 0 Å². The minimum absolute atomic E-state index is 0.254. The van der Waals surface area contributed by atoms with Gasteiger partial charge >= 0.3 is 0 Å². The van der Waals surface area contributed by atoms with Crippen LogP contribution in [0.5, 0.6) is 0 Å². The first kappa shape index (κ1) is 13.7. The summed E-state index contributed by atoms with van der Waals surface area (Å²) in [7, 11) is 0. The molecule has 1 aliphatic rings. The number of furan rings is 1. The first-order valence-corrected chi connectivity index (χ1v) is 7.93. The summed E-state index contributed by atoms with van der Waals surface area (Å²) >= 11 is 0. The molecule has 2 heteroatoms. The van der Waals surface area contributed by atoms with E-state index in [4.69, 9.17) is 10.2 Å². The SMILES string of the molecule is CCCC1CCC(N)C(c2cc3cc(C)ccc3o2)C1. The van der Waals surface area contributed by atoms with Gasteiger partial charge in [-0.2, -0.15) is 0 Å². The molecule has 108 valence electrons. The molecule has 1 saturated carbocycles. The van der Waals surface area contributed by atoms with Gasteiger partial charge in [0.15, 0.2) is 0 Å². The lowest BCUT2D eigenvalue weighted by atomic mass is 9.75. The van der Waals surface area contributed by atoms with E-state index in [-0.39, 0.29) is 6.04 Å². The van der Waals surface area contributed by atoms with Gasteiger partial charge in [-0.15, -0.1) is 0 Å². The Balaban J connectivity index is 1.88. The summed E-state index contributed by atoms with van der Waals surface area (Å²) in [6, 6.07) is 8.84. The van der Waals surface area contributed by atoms with Crippen molar-refractivity contribution in [3.8, 4) is 0 Å². The van der Waals surface area contributed by atoms with Gasteiger partial charge in [0.2, 0.25) is 0 Å². The van der Waals surface area contributed by atoms with Crippen LogP contribution < -0.4 is 5.73 Å². The van der Waals surface area contributed by atoms with Crippen LogP contribution >= 0.6 is 0 Å². The second-order valence-electron chi connectivity index (χ2n) is 6.43. The first-order valence-electron chi connectivity index (χ1n) is 7.93. The molecule has 3 atom stereocenters. The van der Waals surface area contributed by atoms with Gasteiger partial charge in [-0.25, -0.2) is 0 Å². The van der Waals surface area contributed by atoms with E-state index in [1.165, 1.54) is 36.6 Å². The summed E-state index contributed by atoms with van der Waals surface area (Å²) in [6.07, 6.45) is 6.19. The molecule has 0 amide bonds. The van der Waals surface area contributed by atoms with Crippen molar-refractivity contribution in [1.82, 2.24) is 0 Å². The van der Waals surface area contributed by atoms with Gasteiger partial charge in [0.05, 0.1) is 0 Å².